The fourth-order valence-corrected chi connectivity index (χ4v) is 5.91. The summed E-state index contributed by atoms with van der Waals surface area (Å²) in [5, 5.41) is 6.33. The minimum Gasteiger partial charge on any atom is -0.496 e. The first-order chi connectivity index (χ1) is 18.3. The summed E-state index contributed by atoms with van der Waals surface area (Å²) < 4.78 is 5.38. The van der Waals surface area contributed by atoms with Crippen molar-refractivity contribution in [1.82, 2.24) is 15.6 Å². The molecule has 7 heteroatoms. The van der Waals surface area contributed by atoms with Crippen molar-refractivity contribution in [1.29, 1.82) is 0 Å². The van der Waals surface area contributed by atoms with Gasteiger partial charge in [0.2, 0.25) is 0 Å². The van der Waals surface area contributed by atoms with Crippen molar-refractivity contribution in [2.75, 3.05) is 12.0 Å². The lowest BCUT2D eigenvalue weighted by Crippen LogP contribution is -2.50. The number of nitrogens with one attached hydrogen (secondary N) is 2. The number of carbonyl (C=O) groups excluding carboxylic acids is 2. The topological polar surface area (TPSA) is 83.6 Å². The van der Waals surface area contributed by atoms with Crippen molar-refractivity contribution in [2.24, 2.45) is 0 Å². The highest BCUT2D eigenvalue weighted by Gasteiger charge is 2.42. The third-order valence-corrected chi connectivity index (χ3v) is 8.02. The highest BCUT2D eigenvalue weighted by atomic mass is 16.5. The van der Waals surface area contributed by atoms with Crippen molar-refractivity contribution in [2.45, 2.75) is 70.6 Å². The van der Waals surface area contributed by atoms with Gasteiger partial charge in [0.25, 0.3) is 11.8 Å². The van der Waals surface area contributed by atoms with Gasteiger partial charge >= 0.3 is 0 Å². The maximum Gasteiger partial charge on any atom is 0.253 e. The Morgan fingerprint density at radius 2 is 1.68 bits per heavy atom. The zero-order valence-corrected chi connectivity index (χ0v) is 22.5. The number of benzene rings is 2. The molecule has 0 saturated carbocycles. The van der Waals surface area contributed by atoms with E-state index < -0.39 is 0 Å². The number of aryl methyl sites for hydroxylation is 1. The van der Waals surface area contributed by atoms with E-state index in [9.17, 15) is 9.59 Å². The molecule has 0 radical (unpaired) electrons. The van der Waals surface area contributed by atoms with E-state index in [2.05, 4.69) is 32.7 Å². The second kappa shape index (κ2) is 10.9. The Kier molecular flexibility index (Phi) is 7.36. The fourth-order valence-electron chi connectivity index (χ4n) is 5.91. The molecule has 38 heavy (non-hydrogen) atoms. The number of aromatic nitrogens is 1. The van der Waals surface area contributed by atoms with Gasteiger partial charge in [0, 0.05) is 35.4 Å². The Balaban J connectivity index is 1.20. The van der Waals surface area contributed by atoms with E-state index in [1.165, 1.54) is 5.56 Å². The number of ether oxygens (including phenoxy) is 1. The van der Waals surface area contributed by atoms with Gasteiger partial charge in [-0.1, -0.05) is 35.9 Å². The average Bonchev–Trinajstić information content (AvgIpc) is 3.19. The molecule has 3 aromatic rings. The van der Waals surface area contributed by atoms with Gasteiger partial charge in [-0.25, -0.2) is 4.98 Å². The van der Waals surface area contributed by atoms with Crippen LogP contribution in [0.3, 0.4) is 0 Å². The van der Waals surface area contributed by atoms with E-state index >= 15 is 0 Å². The molecule has 3 atom stereocenters. The molecule has 198 valence electrons. The number of anilines is 1. The van der Waals surface area contributed by atoms with Crippen molar-refractivity contribution >= 4 is 17.6 Å². The summed E-state index contributed by atoms with van der Waals surface area (Å²) in [6.45, 7) is 5.95. The Labute approximate surface area is 224 Å². The van der Waals surface area contributed by atoms with Crippen LogP contribution < -0.4 is 20.3 Å². The number of hydrogen-bond donors (Lipinski definition) is 2. The largest absolute Gasteiger partial charge is 0.496 e. The summed E-state index contributed by atoms with van der Waals surface area (Å²) in [5.41, 5.74) is 4.33. The standard InChI is InChI=1S/C31H36N4O3/c1-19-8-10-22(11-9-19)21(3)33-30(36)23-12-15-29(32-18-23)35-25-13-14-26(35)17-24(16-25)34-31(37)27-6-5-7-28(38-4)20(27)2/h5-12,15,18,21,24-26H,13-14,16-17H2,1-4H3,(H,33,36)(H,34,37)/t21-,24?,25?,26?/m0/s1. The number of amides is 2. The van der Waals surface area contributed by atoms with E-state index in [4.69, 9.17) is 4.74 Å². The highest BCUT2D eigenvalue weighted by Crippen LogP contribution is 2.38. The van der Waals surface area contributed by atoms with Crippen LogP contribution in [0.5, 0.6) is 5.75 Å². The molecule has 2 amide bonds. The van der Waals surface area contributed by atoms with Crippen LogP contribution in [0, 0.1) is 13.8 Å². The van der Waals surface area contributed by atoms with Crippen LogP contribution in [-0.4, -0.2) is 42.0 Å². The van der Waals surface area contributed by atoms with Crippen LogP contribution in [0.4, 0.5) is 5.82 Å². The van der Waals surface area contributed by atoms with Gasteiger partial charge in [0.05, 0.1) is 18.7 Å². The van der Waals surface area contributed by atoms with Crippen molar-refractivity contribution < 1.29 is 14.3 Å². The molecule has 2 saturated heterocycles. The predicted octanol–water partition coefficient (Wildman–Crippen LogP) is 5.13. The summed E-state index contributed by atoms with van der Waals surface area (Å²) in [6, 6.07) is 18.2. The minimum absolute atomic E-state index is 0.0485. The molecule has 7 nitrogen and oxygen atoms in total. The summed E-state index contributed by atoms with van der Waals surface area (Å²) in [4.78, 5) is 32.9. The first-order valence-corrected chi connectivity index (χ1v) is 13.4. The number of pyridine rings is 1. The third-order valence-electron chi connectivity index (χ3n) is 8.02. The monoisotopic (exact) mass is 512 g/mol. The normalized spacial score (nSPS) is 21.1. The van der Waals surface area contributed by atoms with Crippen LogP contribution in [0.1, 0.15) is 76.1 Å². The first-order valence-electron chi connectivity index (χ1n) is 13.4. The fraction of sp³-hybridized carbons (Fsp3) is 0.387. The maximum absolute atomic E-state index is 13.0. The van der Waals surface area contributed by atoms with Gasteiger partial charge in [-0.15, -0.1) is 0 Å². The number of fused-ring (bicyclic) bond motifs is 2. The smallest absolute Gasteiger partial charge is 0.253 e. The Hall–Kier alpha value is -3.87. The number of piperidine rings is 1. The molecule has 2 fully saturated rings. The van der Waals surface area contributed by atoms with Gasteiger partial charge in [0.15, 0.2) is 0 Å². The number of nitrogens with zero attached hydrogens (tertiary/aromatic N) is 2. The summed E-state index contributed by atoms with van der Waals surface area (Å²) in [6.07, 6.45) is 5.58. The average molecular weight is 513 g/mol. The number of hydrogen-bond acceptors (Lipinski definition) is 5. The molecule has 2 unspecified atom stereocenters. The molecule has 2 aliphatic rings. The molecule has 1 aromatic heterocycles. The molecule has 2 N–H and O–H groups in total. The van der Waals surface area contributed by atoms with E-state index in [0.29, 0.717) is 23.2 Å². The molecular formula is C31H36N4O3. The van der Waals surface area contributed by atoms with E-state index in [1.54, 1.807) is 13.3 Å². The zero-order chi connectivity index (χ0) is 26.8. The van der Waals surface area contributed by atoms with Crippen LogP contribution >= 0.6 is 0 Å². The molecule has 2 aliphatic heterocycles. The van der Waals surface area contributed by atoms with Gasteiger partial charge in [0.1, 0.15) is 11.6 Å². The number of rotatable bonds is 7. The van der Waals surface area contributed by atoms with E-state index in [0.717, 1.165) is 48.4 Å². The predicted molar refractivity (Wildman–Crippen MR) is 149 cm³/mol. The maximum atomic E-state index is 13.0. The second-order valence-electron chi connectivity index (χ2n) is 10.6. The molecule has 3 heterocycles. The summed E-state index contributed by atoms with van der Waals surface area (Å²) >= 11 is 0. The molecule has 0 spiro atoms. The molecule has 0 aliphatic carbocycles. The van der Waals surface area contributed by atoms with Crippen molar-refractivity contribution in [3.8, 4) is 5.75 Å². The molecular weight excluding hydrogens is 476 g/mol. The highest BCUT2D eigenvalue weighted by molar-refractivity contribution is 5.96. The van der Waals surface area contributed by atoms with Crippen LogP contribution in [0.2, 0.25) is 0 Å². The quantitative estimate of drug-likeness (QED) is 0.459. The van der Waals surface area contributed by atoms with Crippen LogP contribution in [0.15, 0.2) is 60.8 Å². The summed E-state index contributed by atoms with van der Waals surface area (Å²) in [5.74, 6) is 1.44. The zero-order valence-electron chi connectivity index (χ0n) is 22.5. The Bertz CT molecular complexity index is 1290. The third kappa shape index (κ3) is 5.23. The van der Waals surface area contributed by atoms with Gasteiger partial charge in [-0.2, -0.15) is 0 Å². The molecule has 5 rings (SSSR count). The van der Waals surface area contributed by atoms with Gasteiger partial charge in [-0.05, 0) is 76.3 Å². The lowest BCUT2D eigenvalue weighted by atomic mass is 9.96. The lowest BCUT2D eigenvalue weighted by molar-refractivity contribution is 0.0922. The van der Waals surface area contributed by atoms with Crippen molar-refractivity contribution in [3.63, 3.8) is 0 Å². The number of carbonyl (C=O) groups is 2. The Morgan fingerprint density at radius 3 is 2.32 bits per heavy atom. The first kappa shape index (κ1) is 25.8. The Morgan fingerprint density at radius 1 is 0.974 bits per heavy atom. The molecule has 2 aromatic carbocycles. The van der Waals surface area contributed by atoms with Crippen LogP contribution in [-0.2, 0) is 0 Å². The summed E-state index contributed by atoms with van der Waals surface area (Å²) in [7, 11) is 1.62. The number of methoxy groups -OCH3 is 1. The van der Waals surface area contributed by atoms with E-state index in [-0.39, 0.29) is 23.9 Å². The van der Waals surface area contributed by atoms with Gasteiger partial charge in [-0.3, -0.25) is 9.59 Å². The van der Waals surface area contributed by atoms with Crippen LogP contribution in [0.25, 0.3) is 0 Å². The van der Waals surface area contributed by atoms with Gasteiger partial charge < -0.3 is 20.3 Å². The second-order valence-corrected chi connectivity index (χ2v) is 10.6. The molecule has 2 bridgehead atoms. The minimum atomic E-state index is -0.130. The SMILES string of the molecule is COc1cccc(C(=O)NC2CC3CCC(C2)N3c2ccc(C(=O)N[C@@H](C)c3ccc(C)cc3)cn2)c1C. The van der Waals surface area contributed by atoms with E-state index in [1.807, 2.05) is 63.2 Å². The van der Waals surface area contributed by atoms with Crippen molar-refractivity contribution in [3.05, 3.63) is 88.6 Å². The lowest BCUT2D eigenvalue weighted by Gasteiger charge is -2.40.